The average molecular weight is 324 g/mol. The van der Waals surface area contributed by atoms with E-state index in [4.69, 9.17) is 0 Å². The van der Waals surface area contributed by atoms with Crippen molar-refractivity contribution in [3.63, 3.8) is 0 Å². The Balaban J connectivity index is 2.26. The molecule has 0 bridgehead atoms. The van der Waals surface area contributed by atoms with Crippen LogP contribution in [0.1, 0.15) is 25.0 Å². The van der Waals surface area contributed by atoms with Gasteiger partial charge in [0.15, 0.2) is 0 Å². The van der Waals surface area contributed by atoms with E-state index in [-0.39, 0.29) is 18.4 Å². The van der Waals surface area contributed by atoms with E-state index in [0.29, 0.717) is 6.54 Å². The molecule has 0 aromatic heterocycles. The van der Waals surface area contributed by atoms with Gasteiger partial charge >= 0.3 is 0 Å². The highest BCUT2D eigenvalue weighted by Gasteiger charge is 2.21. The Labute approximate surface area is 143 Å². The third kappa shape index (κ3) is 4.22. The number of carbonyl (C=O) groups is 2. The summed E-state index contributed by atoms with van der Waals surface area (Å²) < 4.78 is 0. The van der Waals surface area contributed by atoms with Crippen LogP contribution in [0.4, 0.5) is 11.4 Å². The molecule has 0 unspecified atom stereocenters. The van der Waals surface area contributed by atoms with Crippen LogP contribution >= 0.6 is 0 Å². The maximum atomic E-state index is 12.8. The number of hydrogen-bond donors (Lipinski definition) is 0. The van der Waals surface area contributed by atoms with Gasteiger partial charge in [-0.1, -0.05) is 24.3 Å². The second-order valence-corrected chi connectivity index (χ2v) is 5.92. The lowest BCUT2D eigenvalue weighted by molar-refractivity contribution is -0.121. The quantitative estimate of drug-likeness (QED) is 0.841. The van der Waals surface area contributed by atoms with E-state index in [1.165, 1.54) is 11.8 Å². The standard InChI is InChI=1S/C20H24N2O2/c1-5-21(18-9-7-6-8-10-18)20(24)14-22(17(4)23)19-12-15(2)11-16(3)13-19/h6-13H,5,14H2,1-4H3. The van der Waals surface area contributed by atoms with E-state index in [9.17, 15) is 9.59 Å². The van der Waals surface area contributed by atoms with E-state index < -0.39 is 0 Å². The fourth-order valence-electron chi connectivity index (χ4n) is 2.82. The molecular weight excluding hydrogens is 300 g/mol. The smallest absolute Gasteiger partial charge is 0.247 e. The molecule has 4 heteroatoms. The van der Waals surface area contributed by atoms with Gasteiger partial charge in [-0.25, -0.2) is 0 Å². The summed E-state index contributed by atoms with van der Waals surface area (Å²) in [6.45, 7) is 7.98. The molecule has 0 N–H and O–H groups in total. The number of nitrogens with zero attached hydrogens (tertiary/aromatic N) is 2. The number of likely N-dealkylation sites (N-methyl/N-ethyl adjacent to an activating group) is 1. The first-order chi connectivity index (χ1) is 11.4. The molecule has 4 nitrogen and oxygen atoms in total. The molecule has 0 aliphatic rings. The van der Waals surface area contributed by atoms with Crippen LogP contribution < -0.4 is 9.80 Å². The topological polar surface area (TPSA) is 40.6 Å². The zero-order chi connectivity index (χ0) is 17.7. The molecule has 2 amide bonds. The highest BCUT2D eigenvalue weighted by atomic mass is 16.2. The molecule has 0 aliphatic heterocycles. The number of rotatable bonds is 5. The van der Waals surface area contributed by atoms with Crippen molar-refractivity contribution in [1.29, 1.82) is 0 Å². The van der Waals surface area contributed by atoms with E-state index in [2.05, 4.69) is 0 Å². The Morgan fingerprint density at radius 3 is 1.96 bits per heavy atom. The molecule has 0 saturated carbocycles. The average Bonchev–Trinajstić information content (AvgIpc) is 2.53. The van der Waals surface area contributed by atoms with Crippen molar-refractivity contribution in [2.45, 2.75) is 27.7 Å². The van der Waals surface area contributed by atoms with Crippen LogP contribution in [0.25, 0.3) is 0 Å². The second kappa shape index (κ2) is 7.77. The number of amides is 2. The van der Waals surface area contributed by atoms with E-state index in [1.807, 2.05) is 69.3 Å². The minimum Gasteiger partial charge on any atom is -0.311 e. The Kier molecular flexibility index (Phi) is 5.74. The third-order valence-electron chi connectivity index (χ3n) is 3.88. The van der Waals surface area contributed by atoms with Gasteiger partial charge in [-0.2, -0.15) is 0 Å². The number of carbonyl (C=O) groups excluding carboxylic acids is 2. The van der Waals surface area contributed by atoms with Crippen molar-refractivity contribution in [2.24, 2.45) is 0 Å². The molecule has 2 aromatic carbocycles. The Morgan fingerprint density at radius 1 is 0.875 bits per heavy atom. The second-order valence-electron chi connectivity index (χ2n) is 5.92. The molecule has 0 aliphatic carbocycles. The lowest BCUT2D eigenvalue weighted by atomic mass is 10.1. The maximum absolute atomic E-state index is 12.8. The van der Waals surface area contributed by atoms with E-state index in [1.54, 1.807) is 4.90 Å². The number of aryl methyl sites for hydroxylation is 2. The summed E-state index contributed by atoms with van der Waals surface area (Å²) in [5, 5.41) is 0. The highest BCUT2D eigenvalue weighted by Crippen LogP contribution is 2.20. The van der Waals surface area contributed by atoms with Gasteiger partial charge in [-0.3, -0.25) is 9.59 Å². The number of anilines is 2. The Bertz CT molecular complexity index is 705. The molecule has 0 heterocycles. The van der Waals surface area contributed by atoms with Crippen molar-refractivity contribution >= 4 is 23.2 Å². The molecule has 0 radical (unpaired) electrons. The maximum Gasteiger partial charge on any atom is 0.247 e. The van der Waals surface area contributed by atoms with Crippen LogP contribution in [0.2, 0.25) is 0 Å². The molecule has 0 atom stereocenters. The largest absolute Gasteiger partial charge is 0.311 e. The predicted octanol–water partition coefficient (Wildman–Crippen LogP) is 3.71. The van der Waals surface area contributed by atoms with Crippen molar-refractivity contribution < 1.29 is 9.59 Å². The fourth-order valence-corrected chi connectivity index (χ4v) is 2.82. The SMILES string of the molecule is CCN(C(=O)CN(C(C)=O)c1cc(C)cc(C)c1)c1ccccc1. The van der Waals surface area contributed by atoms with Crippen LogP contribution in [-0.4, -0.2) is 24.9 Å². The van der Waals surface area contributed by atoms with Crippen molar-refractivity contribution in [2.75, 3.05) is 22.9 Å². The molecule has 0 fully saturated rings. The van der Waals surface area contributed by atoms with Gasteiger partial charge < -0.3 is 9.80 Å². The van der Waals surface area contributed by atoms with Crippen molar-refractivity contribution in [3.8, 4) is 0 Å². The highest BCUT2D eigenvalue weighted by molar-refractivity contribution is 6.03. The zero-order valence-electron chi connectivity index (χ0n) is 14.7. The minimum atomic E-state index is -0.141. The van der Waals surface area contributed by atoms with Crippen LogP contribution in [-0.2, 0) is 9.59 Å². The lowest BCUT2D eigenvalue weighted by Gasteiger charge is -2.26. The third-order valence-corrected chi connectivity index (χ3v) is 3.88. The Hall–Kier alpha value is -2.62. The number of benzene rings is 2. The molecule has 2 rings (SSSR count). The van der Waals surface area contributed by atoms with Gasteiger partial charge in [0.2, 0.25) is 11.8 Å². The molecule has 2 aromatic rings. The van der Waals surface area contributed by atoms with Crippen LogP contribution in [0, 0.1) is 13.8 Å². The molecular formula is C20H24N2O2. The van der Waals surface area contributed by atoms with Gasteiger partial charge in [-0.15, -0.1) is 0 Å². The van der Waals surface area contributed by atoms with Crippen molar-refractivity contribution in [3.05, 3.63) is 59.7 Å². The van der Waals surface area contributed by atoms with E-state index in [0.717, 1.165) is 22.5 Å². The molecule has 0 saturated heterocycles. The van der Waals surface area contributed by atoms with Gasteiger partial charge in [0, 0.05) is 24.8 Å². The first kappa shape index (κ1) is 17.7. The van der Waals surface area contributed by atoms with Gasteiger partial charge in [0.05, 0.1) is 0 Å². The zero-order valence-corrected chi connectivity index (χ0v) is 14.7. The molecule has 126 valence electrons. The van der Waals surface area contributed by atoms with Gasteiger partial charge in [-0.05, 0) is 56.2 Å². The first-order valence-electron chi connectivity index (χ1n) is 8.14. The normalized spacial score (nSPS) is 10.3. The van der Waals surface area contributed by atoms with Crippen LogP contribution in [0.5, 0.6) is 0 Å². The lowest BCUT2D eigenvalue weighted by Crippen LogP contribution is -2.42. The summed E-state index contributed by atoms with van der Waals surface area (Å²) in [5.41, 5.74) is 3.74. The summed E-state index contributed by atoms with van der Waals surface area (Å²) in [4.78, 5) is 28.1. The van der Waals surface area contributed by atoms with Crippen LogP contribution in [0.3, 0.4) is 0 Å². The first-order valence-corrected chi connectivity index (χ1v) is 8.14. The summed E-state index contributed by atoms with van der Waals surface area (Å²) in [7, 11) is 0. The number of hydrogen-bond acceptors (Lipinski definition) is 2. The summed E-state index contributed by atoms with van der Waals surface area (Å²) in [6, 6.07) is 15.4. The summed E-state index contributed by atoms with van der Waals surface area (Å²) in [6.07, 6.45) is 0. The van der Waals surface area contributed by atoms with Crippen LogP contribution in [0.15, 0.2) is 48.5 Å². The Morgan fingerprint density at radius 2 is 1.46 bits per heavy atom. The fraction of sp³-hybridized carbons (Fsp3) is 0.300. The van der Waals surface area contributed by atoms with Crippen molar-refractivity contribution in [1.82, 2.24) is 0 Å². The molecule has 24 heavy (non-hydrogen) atoms. The minimum absolute atomic E-state index is 0.0287. The molecule has 0 spiro atoms. The number of para-hydroxylation sites is 1. The van der Waals surface area contributed by atoms with Gasteiger partial charge in [0.25, 0.3) is 0 Å². The van der Waals surface area contributed by atoms with Gasteiger partial charge in [0.1, 0.15) is 6.54 Å². The summed E-state index contributed by atoms with van der Waals surface area (Å²) >= 11 is 0. The van der Waals surface area contributed by atoms with E-state index >= 15 is 0 Å². The monoisotopic (exact) mass is 324 g/mol. The summed E-state index contributed by atoms with van der Waals surface area (Å²) in [5.74, 6) is -0.240. The predicted molar refractivity (Wildman–Crippen MR) is 98.4 cm³/mol.